The highest BCUT2D eigenvalue weighted by Crippen LogP contribution is 2.23. The summed E-state index contributed by atoms with van der Waals surface area (Å²) >= 11 is 0. The average molecular weight is 184 g/mol. The number of hydrogen-bond donors (Lipinski definition) is 3. The molecule has 0 spiro atoms. The number of rotatable bonds is 3. The molecule has 0 bridgehead atoms. The van der Waals surface area contributed by atoms with Crippen LogP contribution in [0.5, 0.6) is 0 Å². The van der Waals surface area contributed by atoms with Gasteiger partial charge < -0.3 is 10.8 Å². The van der Waals surface area contributed by atoms with Crippen LogP contribution in [0.25, 0.3) is 0 Å². The maximum Gasteiger partial charge on any atom is 0.108 e. The fraction of sp³-hybridized carbons (Fsp3) is 0.800. The largest absolute Gasteiger partial charge is 0.402 e. The molecular weight excluding hydrogens is 164 g/mol. The summed E-state index contributed by atoms with van der Waals surface area (Å²) in [6.45, 7) is 4.08. The van der Waals surface area contributed by atoms with Crippen LogP contribution in [0, 0.1) is 5.92 Å². The zero-order valence-corrected chi connectivity index (χ0v) is 8.46. The van der Waals surface area contributed by atoms with Gasteiger partial charge in [-0.25, -0.2) is 0 Å². The van der Waals surface area contributed by atoms with Gasteiger partial charge in [-0.3, -0.25) is 5.32 Å². The summed E-state index contributed by atoms with van der Waals surface area (Å²) < 4.78 is 0. The molecular formula is C10H20N2O. The number of nitrogens with two attached hydrogens (primary N) is 1. The highest BCUT2D eigenvalue weighted by molar-refractivity contribution is 5.02. The molecule has 0 saturated carbocycles. The van der Waals surface area contributed by atoms with Gasteiger partial charge in [0.2, 0.25) is 0 Å². The first-order valence-electron chi connectivity index (χ1n) is 4.98. The molecule has 2 atom stereocenters. The van der Waals surface area contributed by atoms with Crippen LogP contribution < -0.4 is 11.1 Å². The van der Waals surface area contributed by atoms with Crippen LogP contribution in [0.3, 0.4) is 0 Å². The van der Waals surface area contributed by atoms with E-state index in [9.17, 15) is 5.11 Å². The summed E-state index contributed by atoms with van der Waals surface area (Å²) in [5.74, 6) is 0.328. The van der Waals surface area contributed by atoms with Crippen molar-refractivity contribution in [3.05, 3.63) is 11.8 Å². The molecule has 3 nitrogen and oxygen atoms in total. The highest BCUT2D eigenvalue weighted by atomic mass is 16.3. The first-order chi connectivity index (χ1) is 6.09. The quantitative estimate of drug-likeness (QED) is 0.572. The maximum atomic E-state index is 9.75. The van der Waals surface area contributed by atoms with Gasteiger partial charge in [-0.2, -0.15) is 0 Å². The summed E-state index contributed by atoms with van der Waals surface area (Å²) in [6, 6.07) is 0.332. The molecule has 0 aromatic carbocycles. The van der Waals surface area contributed by atoms with E-state index in [-0.39, 0.29) is 6.23 Å². The lowest BCUT2D eigenvalue weighted by molar-refractivity contribution is 0.0614. The van der Waals surface area contributed by atoms with Crippen LogP contribution in [0.15, 0.2) is 11.8 Å². The minimum atomic E-state index is -0.385. The van der Waals surface area contributed by atoms with Gasteiger partial charge in [0, 0.05) is 17.7 Å². The van der Waals surface area contributed by atoms with Crippen LogP contribution in [-0.2, 0) is 0 Å². The van der Waals surface area contributed by atoms with Gasteiger partial charge in [0.15, 0.2) is 0 Å². The van der Waals surface area contributed by atoms with Gasteiger partial charge in [-0.1, -0.05) is 6.08 Å². The first kappa shape index (κ1) is 10.5. The molecule has 4 N–H and O–H groups in total. The molecule has 0 heterocycles. The highest BCUT2D eigenvalue weighted by Gasteiger charge is 2.21. The lowest BCUT2D eigenvalue weighted by Crippen LogP contribution is -2.40. The Hall–Kier alpha value is -0.540. The Labute approximate surface area is 80.0 Å². The van der Waals surface area contributed by atoms with Gasteiger partial charge in [0.1, 0.15) is 6.23 Å². The van der Waals surface area contributed by atoms with Crippen molar-refractivity contribution >= 4 is 0 Å². The number of aliphatic hydroxyl groups is 1. The fourth-order valence-electron chi connectivity index (χ4n) is 1.64. The Kier molecular flexibility index (Phi) is 3.75. The minimum absolute atomic E-state index is 0.328. The molecule has 0 fully saturated rings. The van der Waals surface area contributed by atoms with Gasteiger partial charge in [-0.05, 0) is 33.1 Å². The van der Waals surface area contributed by atoms with Crippen LogP contribution in [0.4, 0.5) is 0 Å². The number of nitrogens with one attached hydrogen (secondary N) is 1. The second-order valence-electron chi connectivity index (χ2n) is 4.08. The number of hydrogen-bond acceptors (Lipinski definition) is 3. The smallest absolute Gasteiger partial charge is 0.108 e. The van der Waals surface area contributed by atoms with Crippen LogP contribution >= 0.6 is 0 Å². The predicted molar refractivity (Wildman–Crippen MR) is 53.9 cm³/mol. The Morgan fingerprint density at radius 3 is 2.77 bits per heavy atom. The third-order valence-corrected chi connectivity index (χ3v) is 2.44. The Morgan fingerprint density at radius 2 is 2.31 bits per heavy atom. The summed E-state index contributed by atoms with van der Waals surface area (Å²) in [6.07, 6.45) is 4.45. The molecule has 1 aliphatic carbocycles. The molecule has 2 unspecified atom stereocenters. The standard InChI is InChI=1S/C10H20N2O/c1-7(2)12-10(13)8-3-5-9(11)6-4-8/h5,7-8,10,12-13H,3-4,6,11H2,1-2H3. The van der Waals surface area contributed by atoms with Crippen LogP contribution in [0.2, 0.25) is 0 Å². The molecule has 1 aliphatic rings. The second-order valence-corrected chi connectivity index (χ2v) is 4.08. The van der Waals surface area contributed by atoms with Crippen LogP contribution in [-0.4, -0.2) is 17.4 Å². The topological polar surface area (TPSA) is 58.3 Å². The van der Waals surface area contributed by atoms with Crippen molar-refractivity contribution in [3.8, 4) is 0 Å². The monoisotopic (exact) mass is 184 g/mol. The second kappa shape index (κ2) is 4.63. The average Bonchev–Trinajstić information content (AvgIpc) is 2.04. The van der Waals surface area contributed by atoms with Crippen molar-refractivity contribution in [1.29, 1.82) is 0 Å². The Balaban J connectivity index is 2.36. The lowest BCUT2D eigenvalue weighted by Gasteiger charge is -2.27. The van der Waals surface area contributed by atoms with E-state index in [2.05, 4.69) is 5.32 Å². The van der Waals surface area contributed by atoms with Crippen molar-refractivity contribution in [3.63, 3.8) is 0 Å². The molecule has 0 amide bonds. The van der Waals surface area contributed by atoms with Crippen LogP contribution in [0.1, 0.15) is 33.1 Å². The summed E-state index contributed by atoms with van der Waals surface area (Å²) in [5, 5.41) is 12.9. The van der Waals surface area contributed by atoms with E-state index in [1.165, 1.54) is 0 Å². The fourth-order valence-corrected chi connectivity index (χ4v) is 1.64. The molecule has 0 aliphatic heterocycles. The van der Waals surface area contributed by atoms with Gasteiger partial charge in [0.05, 0.1) is 0 Å². The summed E-state index contributed by atoms with van der Waals surface area (Å²) in [5.41, 5.74) is 6.62. The van der Waals surface area contributed by atoms with E-state index < -0.39 is 0 Å². The molecule has 0 aromatic heterocycles. The number of aliphatic hydroxyl groups excluding tert-OH is 1. The summed E-state index contributed by atoms with van der Waals surface area (Å²) in [4.78, 5) is 0. The van der Waals surface area contributed by atoms with Gasteiger partial charge in [-0.15, -0.1) is 0 Å². The third-order valence-electron chi connectivity index (χ3n) is 2.44. The van der Waals surface area contributed by atoms with Gasteiger partial charge in [0.25, 0.3) is 0 Å². The van der Waals surface area contributed by atoms with E-state index in [1.54, 1.807) is 0 Å². The molecule has 13 heavy (non-hydrogen) atoms. The third kappa shape index (κ3) is 3.36. The SMILES string of the molecule is CC(C)NC(O)C1CC=C(N)CC1. The van der Waals surface area contributed by atoms with E-state index in [1.807, 2.05) is 19.9 Å². The molecule has 0 aromatic rings. The Bertz CT molecular complexity index is 189. The first-order valence-corrected chi connectivity index (χ1v) is 4.98. The van der Waals surface area contributed by atoms with Crippen molar-refractivity contribution in [2.45, 2.75) is 45.4 Å². The molecule has 0 radical (unpaired) electrons. The maximum absolute atomic E-state index is 9.75. The van der Waals surface area contributed by atoms with E-state index in [0.717, 1.165) is 25.0 Å². The lowest BCUT2D eigenvalue weighted by atomic mass is 9.91. The zero-order valence-electron chi connectivity index (χ0n) is 8.46. The van der Waals surface area contributed by atoms with E-state index in [4.69, 9.17) is 5.73 Å². The van der Waals surface area contributed by atoms with Crippen molar-refractivity contribution in [2.24, 2.45) is 11.7 Å². The van der Waals surface area contributed by atoms with Gasteiger partial charge >= 0.3 is 0 Å². The Morgan fingerprint density at radius 1 is 1.62 bits per heavy atom. The molecule has 3 heteroatoms. The molecule has 0 saturated heterocycles. The van der Waals surface area contributed by atoms with Crippen molar-refractivity contribution in [1.82, 2.24) is 5.32 Å². The van der Waals surface area contributed by atoms with E-state index in [0.29, 0.717) is 12.0 Å². The normalized spacial score (nSPS) is 25.8. The zero-order chi connectivity index (χ0) is 9.84. The van der Waals surface area contributed by atoms with Crippen molar-refractivity contribution in [2.75, 3.05) is 0 Å². The minimum Gasteiger partial charge on any atom is -0.402 e. The van der Waals surface area contributed by atoms with Crippen molar-refractivity contribution < 1.29 is 5.11 Å². The molecule has 76 valence electrons. The predicted octanol–water partition coefficient (Wildman–Crippen LogP) is 0.945. The number of allylic oxidation sites excluding steroid dienone is 2. The summed E-state index contributed by atoms with van der Waals surface area (Å²) in [7, 11) is 0. The van der Waals surface area contributed by atoms with E-state index >= 15 is 0 Å². The molecule has 1 rings (SSSR count).